The van der Waals surface area contributed by atoms with Gasteiger partial charge in [0.05, 0.1) is 0 Å². The molecular weight excluding hydrogens is 486 g/mol. The third-order valence-corrected chi connectivity index (χ3v) is 7.25. The standard InChI is InChI=1S/C31H42F2N2O3/c1-31(2,3)38-30(37)35(4)28(21-22-9-6-5-7-10-22)29(36)34-20-8-11-27(23-12-16-25(32)17-13-23)24-14-18-26(33)19-15-24/h12-19,22,27-28H,5-11,20-21H2,1-4H3,(H,34,36)/t28-/m0/s1. The number of halogens is 2. The van der Waals surface area contributed by atoms with Crippen LogP contribution in [0.25, 0.3) is 0 Å². The second-order valence-electron chi connectivity index (χ2n) is 11.4. The van der Waals surface area contributed by atoms with E-state index in [-0.39, 0.29) is 23.5 Å². The molecule has 0 spiro atoms. The zero-order chi connectivity index (χ0) is 27.7. The molecule has 1 aliphatic carbocycles. The summed E-state index contributed by atoms with van der Waals surface area (Å²) in [6, 6.07) is 12.1. The van der Waals surface area contributed by atoms with Crippen molar-refractivity contribution in [3.63, 3.8) is 0 Å². The van der Waals surface area contributed by atoms with Crippen molar-refractivity contribution in [2.24, 2.45) is 5.92 Å². The van der Waals surface area contributed by atoms with Crippen molar-refractivity contribution in [2.75, 3.05) is 13.6 Å². The fourth-order valence-electron chi connectivity index (χ4n) is 5.19. The second kappa shape index (κ2) is 13.7. The summed E-state index contributed by atoms with van der Waals surface area (Å²) in [7, 11) is 1.64. The number of hydrogen-bond donors (Lipinski definition) is 1. The van der Waals surface area contributed by atoms with E-state index in [4.69, 9.17) is 4.74 Å². The Hall–Kier alpha value is -2.96. The van der Waals surface area contributed by atoms with Crippen LogP contribution in [0, 0.1) is 17.6 Å². The third kappa shape index (κ3) is 9.10. The average molecular weight is 529 g/mol. The Morgan fingerprint density at radius 2 is 1.47 bits per heavy atom. The topological polar surface area (TPSA) is 58.6 Å². The van der Waals surface area contributed by atoms with Gasteiger partial charge in [0.15, 0.2) is 0 Å². The fourth-order valence-corrected chi connectivity index (χ4v) is 5.19. The van der Waals surface area contributed by atoms with Gasteiger partial charge in [-0.1, -0.05) is 56.4 Å². The molecule has 1 N–H and O–H groups in total. The maximum absolute atomic E-state index is 13.5. The Bertz CT molecular complexity index is 983. The van der Waals surface area contributed by atoms with Gasteiger partial charge in [-0.15, -0.1) is 0 Å². The zero-order valence-electron chi connectivity index (χ0n) is 23.1. The van der Waals surface area contributed by atoms with Gasteiger partial charge >= 0.3 is 6.09 Å². The molecule has 208 valence electrons. The number of amides is 2. The lowest BCUT2D eigenvalue weighted by molar-refractivity contribution is -0.126. The zero-order valence-corrected chi connectivity index (χ0v) is 23.1. The Morgan fingerprint density at radius 1 is 0.947 bits per heavy atom. The lowest BCUT2D eigenvalue weighted by Crippen LogP contribution is -2.50. The van der Waals surface area contributed by atoms with E-state index in [1.54, 1.807) is 31.3 Å². The summed E-state index contributed by atoms with van der Waals surface area (Å²) in [6.45, 7) is 5.87. The summed E-state index contributed by atoms with van der Waals surface area (Å²) in [6.07, 6.45) is 7.15. The van der Waals surface area contributed by atoms with Crippen LogP contribution in [-0.2, 0) is 9.53 Å². The minimum atomic E-state index is -0.646. The number of rotatable bonds is 10. The van der Waals surface area contributed by atoms with E-state index in [9.17, 15) is 18.4 Å². The SMILES string of the molecule is CN(C(=O)OC(C)(C)C)[C@@H](CC1CCCCC1)C(=O)NCCCC(c1ccc(F)cc1)c1ccc(F)cc1. The molecule has 1 saturated carbocycles. The van der Waals surface area contributed by atoms with Crippen LogP contribution in [0.4, 0.5) is 13.6 Å². The van der Waals surface area contributed by atoms with Crippen molar-refractivity contribution in [1.29, 1.82) is 0 Å². The van der Waals surface area contributed by atoms with E-state index in [2.05, 4.69) is 5.32 Å². The molecule has 0 saturated heterocycles. The van der Waals surface area contributed by atoms with E-state index < -0.39 is 17.7 Å². The predicted octanol–water partition coefficient (Wildman–Crippen LogP) is 7.20. The molecule has 1 atom stereocenters. The number of nitrogens with one attached hydrogen (secondary N) is 1. The highest BCUT2D eigenvalue weighted by atomic mass is 19.1. The molecule has 0 aliphatic heterocycles. The second-order valence-corrected chi connectivity index (χ2v) is 11.4. The van der Waals surface area contributed by atoms with Crippen molar-refractivity contribution < 1.29 is 23.1 Å². The largest absolute Gasteiger partial charge is 0.444 e. The van der Waals surface area contributed by atoms with Crippen molar-refractivity contribution in [3.8, 4) is 0 Å². The van der Waals surface area contributed by atoms with E-state index in [0.29, 0.717) is 31.7 Å². The van der Waals surface area contributed by atoms with Crippen molar-refractivity contribution in [2.45, 2.75) is 89.7 Å². The number of carbonyl (C=O) groups excluding carboxylic acids is 2. The van der Waals surface area contributed by atoms with Crippen LogP contribution in [0.1, 0.15) is 89.2 Å². The first-order chi connectivity index (χ1) is 18.0. The van der Waals surface area contributed by atoms with E-state index in [1.807, 2.05) is 20.8 Å². The van der Waals surface area contributed by atoms with Crippen LogP contribution < -0.4 is 5.32 Å². The van der Waals surface area contributed by atoms with Crippen molar-refractivity contribution in [1.82, 2.24) is 10.2 Å². The summed E-state index contributed by atoms with van der Waals surface area (Å²) in [5.41, 5.74) is 1.22. The minimum absolute atomic E-state index is 0.0597. The molecule has 5 nitrogen and oxygen atoms in total. The molecular formula is C31H42F2N2O3. The van der Waals surface area contributed by atoms with Gasteiger partial charge in [-0.05, 0) is 81.3 Å². The predicted molar refractivity (Wildman–Crippen MR) is 146 cm³/mol. The maximum atomic E-state index is 13.5. The van der Waals surface area contributed by atoms with Crippen LogP contribution in [0.3, 0.4) is 0 Å². The van der Waals surface area contributed by atoms with Gasteiger partial charge in [-0.2, -0.15) is 0 Å². The molecule has 3 rings (SSSR count). The van der Waals surface area contributed by atoms with Gasteiger partial charge in [0, 0.05) is 19.5 Å². The number of nitrogens with zero attached hydrogens (tertiary/aromatic N) is 1. The number of ether oxygens (including phenoxy) is 1. The lowest BCUT2D eigenvalue weighted by Gasteiger charge is -2.33. The Labute approximate surface area is 225 Å². The van der Waals surface area contributed by atoms with Gasteiger partial charge < -0.3 is 10.1 Å². The average Bonchev–Trinajstić information content (AvgIpc) is 2.88. The van der Waals surface area contributed by atoms with E-state index >= 15 is 0 Å². The van der Waals surface area contributed by atoms with Gasteiger partial charge in [-0.25, -0.2) is 13.6 Å². The van der Waals surface area contributed by atoms with Crippen molar-refractivity contribution in [3.05, 3.63) is 71.3 Å². The number of benzene rings is 2. The van der Waals surface area contributed by atoms with Crippen LogP contribution in [0.15, 0.2) is 48.5 Å². The molecule has 7 heteroatoms. The maximum Gasteiger partial charge on any atom is 0.410 e. The molecule has 2 aromatic carbocycles. The monoisotopic (exact) mass is 528 g/mol. The molecule has 2 amide bonds. The Kier molecular flexibility index (Phi) is 10.7. The number of carbonyl (C=O) groups is 2. The van der Waals surface area contributed by atoms with E-state index in [1.165, 1.54) is 35.6 Å². The molecule has 38 heavy (non-hydrogen) atoms. The molecule has 1 aliphatic rings. The molecule has 0 unspecified atom stereocenters. The molecule has 1 fully saturated rings. The van der Waals surface area contributed by atoms with Crippen molar-refractivity contribution >= 4 is 12.0 Å². The summed E-state index contributed by atoms with van der Waals surface area (Å²) >= 11 is 0. The Balaban J connectivity index is 1.64. The number of hydrogen-bond acceptors (Lipinski definition) is 3. The Morgan fingerprint density at radius 3 is 1.97 bits per heavy atom. The van der Waals surface area contributed by atoms with Gasteiger partial charge in [0.1, 0.15) is 23.3 Å². The quantitative estimate of drug-likeness (QED) is 0.332. The molecule has 2 aromatic rings. The molecule has 0 heterocycles. The normalized spacial score (nSPS) is 15.2. The van der Waals surface area contributed by atoms with Crippen LogP contribution in [0.5, 0.6) is 0 Å². The minimum Gasteiger partial charge on any atom is -0.444 e. The molecule has 0 aromatic heterocycles. The van der Waals surface area contributed by atoms with Gasteiger partial charge in [0.25, 0.3) is 0 Å². The summed E-state index contributed by atoms with van der Waals surface area (Å²) in [4.78, 5) is 27.6. The lowest BCUT2D eigenvalue weighted by atomic mass is 9.84. The first-order valence-corrected chi connectivity index (χ1v) is 13.8. The van der Waals surface area contributed by atoms with Gasteiger partial charge in [0.2, 0.25) is 5.91 Å². The molecule has 0 bridgehead atoms. The third-order valence-electron chi connectivity index (χ3n) is 7.25. The fraction of sp³-hybridized carbons (Fsp3) is 0.548. The van der Waals surface area contributed by atoms with Crippen LogP contribution in [-0.4, -0.2) is 42.1 Å². The summed E-state index contributed by atoms with van der Waals surface area (Å²) in [5, 5.41) is 3.04. The number of likely N-dealkylation sites (N-methyl/N-ethyl adjacent to an activating group) is 1. The molecule has 0 radical (unpaired) electrons. The van der Waals surface area contributed by atoms with Crippen LogP contribution >= 0.6 is 0 Å². The first kappa shape index (κ1) is 29.6. The first-order valence-electron chi connectivity index (χ1n) is 13.8. The van der Waals surface area contributed by atoms with E-state index in [0.717, 1.165) is 36.8 Å². The highest BCUT2D eigenvalue weighted by molar-refractivity contribution is 5.85. The smallest absolute Gasteiger partial charge is 0.410 e. The summed E-state index contributed by atoms with van der Waals surface area (Å²) < 4.78 is 32.6. The summed E-state index contributed by atoms with van der Waals surface area (Å²) in [5.74, 6) is -0.445. The highest BCUT2D eigenvalue weighted by Crippen LogP contribution is 2.31. The van der Waals surface area contributed by atoms with Crippen LogP contribution in [0.2, 0.25) is 0 Å². The van der Waals surface area contributed by atoms with Gasteiger partial charge in [-0.3, -0.25) is 9.69 Å². The highest BCUT2D eigenvalue weighted by Gasteiger charge is 2.32.